The summed E-state index contributed by atoms with van der Waals surface area (Å²) >= 11 is 0. The highest BCUT2D eigenvalue weighted by Gasteiger charge is 2.29. The van der Waals surface area contributed by atoms with Gasteiger partial charge < -0.3 is 11.1 Å². The van der Waals surface area contributed by atoms with Gasteiger partial charge in [0.1, 0.15) is 0 Å². The summed E-state index contributed by atoms with van der Waals surface area (Å²) in [6.45, 7) is 0.353. The molecular formula is C17H21Cl2F2N3O. The minimum Gasteiger partial charge on any atom is -0.346 e. The lowest BCUT2D eigenvalue weighted by Gasteiger charge is -2.15. The average molecular weight is 392 g/mol. The number of hydrogen-bond donors (Lipinski definition) is 2. The van der Waals surface area contributed by atoms with E-state index in [1.54, 1.807) is 6.07 Å². The van der Waals surface area contributed by atoms with Crippen LogP contribution < -0.4 is 11.1 Å². The van der Waals surface area contributed by atoms with Crippen molar-refractivity contribution in [3.8, 4) is 0 Å². The Morgan fingerprint density at radius 1 is 1.32 bits per heavy atom. The summed E-state index contributed by atoms with van der Waals surface area (Å²) in [4.78, 5) is 17.0. The van der Waals surface area contributed by atoms with Crippen molar-refractivity contribution in [2.75, 3.05) is 13.1 Å². The van der Waals surface area contributed by atoms with Crippen LogP contribution in [0.1, 0.15) is 40.4 Å². The SMILES string of the molecule is Cc1ccc2nc(C3CC3)cc(C(=O)NCC(F)(F)CN)c2c1.Cl.Cl. The molecule has 138 valence electrons. The molecule has 1 amide bonds. The number of aryl methyl sites for hydroxylation is 1. The number of alkyl halides is 2. The van der Waals surface area contributed by atoms with E-state index < -0.39 is 24.9 Å². The lowest BCUT2D eigenvalue weighted by Crippen LogP contribution is -2.41. The fourth-order valence-electron chi connectivity index (χ4n) is 2.51. The van der Waals surface area contributed by atoms with Crippen molar-refractivity contribution in [2.24, 2.45) is 5.73 Å². The topological polar surface area (TPSA) is 68.0 Å². The van der Waals surface area contributed by atoms with E-state index in [9.17, 15) is 13.6 Å². The van der Waals surface area contributed by atoms with Crippen LogP contribution in [-0.2, 0) is 0 Å². The number of halogens is 4. The van der Waals surface area contributed by atoms with Gasteiger partial charge >= 0.3 is 0 Å². The number of rotatable bonds is 5. The minimum absolute atomic E-state index is 0. The van der Waals surface area contributed by atoms with Gasteiger partial charge in [0, 0.05) is 17.0 Å². The normalized spacial score (nSPS) is 13.8. The summed E-state index contributed by atoms with van der Waals surface area (Å²) < 4.78 is 26.5. The first-order valence-electron chi connectivity index (χ1n) is 7.67. The highest BCUT2D eigenvalue weighted by Crippen LogP contribution is 2.40. The minimum atomic E-state index is -3.10. The molecule has 1 heterocycles. The van der Waals surface area contributed by atoms with Crippen LogP contribution in [0.4, 0.5) is 8.78 Å². The second-order valence-electron chi connectivity index (χ2n) is 6.13. The second kappa shape index (κ2) is 8.25. The van der Waals surface area contributed by atoms with Gasteiger partial charge in [-0.3, -0.25) is 9.78 Å². The number of nitrogens with one attached hydrogen (secondary N) is 1. The Bertz CT molecular complexity index is 767. The predicted octanol–water partition coefficient (Wildman–Crippen LogP) is 3.59. The highest BCUT2D eigenvalue weighted by atomic mass is 35.5. The van der Waals surface area contributed by atoms with Crippen molar-refractivity contribution in [3.63, 3.8) is 0 Å². The maximum Gasteiger partial charge on any atom is 0.277 e. The van der Waals surface area contributed by atoms with Crippen molar-refractivity contribution >= 4 is 41.6 Å². The zero-order chi connectivity index (χ0) is 16.6. The second-order valence-corrected chi connectivity index (χ2v) is 6.13. The van der Waals surface area contributed by atoms with Gasteiger partial charge in [-0.1, -0.05) is 11.6 Å². The van der Waals surface area contributed by atoms with Gasteiger partial charge in [-0.2, -0.15) is 0 Å². The monoisotopic (exact) mass is 391 g/mol. The maximum atomic E-state index is 13.3. The Morgan fingerprint density at radius 3 is 2.60 bits per heavy atom. The molecule has 8 heteroatoms. The summed E-state index contributed by atoms with van der Waals surface area (Å²) in [7, 11) is 0. The van der Waals surface area contributed by atoms with Crippen molar-refractivity contribution < 1.29 is 13.6 Å². The fraction of sp³-hybridized carbons (Fsp3) is 0.412. The molecule has 0 spiro atoms. The molecule has 1 saturated carbocycles. The number of benzene rings is 1. The first-order valence-corrected chi connectivity index (χ1v) is 7.67. The Balaban J connectivity index is 0.00000156. The van der Waals surface area contributed by atoms with Crippen LogP contribution >= 0.6 is 24.8 Å². The summed E-state index contributed by atoms with van der Waals surface area (Å²) in [6, 6.07) is 7.38. The number of hydrogen-bond acceptors (Lipinski definition) is 3. The molecule has 4 nitrogen and oxygen atoms in total. The van der Waals surface area contributed by atoms with Crippen LogP contribution in [0, 0.1) is 6.92 Å². The van der Waals surface area contributed by atoms with Crippen molar-refractivity contribution in [1.29, 1.82) is 0 Å². The number of aromatic nitrogens is 1. The van der Waals surface area contributed by atoms with Gasteiger partial charge in [0.2, 0.25) is 0 Å². The smallest absolute Gasteiger partial charge is 0.277 e. The Morgan fingerprint density at radius 2 is 2.00 bits per heavy atom. The molecule has 1 fully saturated rings. The zero-order valence-electron chi connectivity index (χ0n) is 13.7. The van der Waals surface area contributed by atoms with E-state index in [0.717, 1.165) is 29.6 Å². The van der Waals surface area contributed by atoms with Crippen molar-refractivity contribution in [2.45, 2.75) is 31.6 Å². The van der Waals surface area contributed by atoms with Gasteiger partial charge in [0.15, 0.2) is 0 Å². The molecule has 0 saturated heterocycles. The largest absolute Gasteiger partial charge is 0.346 e. The number of nitrogens with two attached hydrogens (primary N) is 1. The Labute approximate surface area is 157 Å². The van der Waals surface area contributed by atoms with Gasteiger partial charge in [-0.25, -0.2) is 8.78 Å². The Kier molecular flexibility index (Phi) is 7.11. The molecule has 0 radical (unpaired) electrons. The molecule has 1 aliphatic carbocycles. The number of amides is 1. The summed E-state index contributed by atoms with van der Waals surface area (Å²) in [5.41, 5.74) is 7.96. The Hall–Kier alpha value is -1.50. The number of fused-ring (bicyclic) bond motifs is 1. The van der Waals surface area contributed by atoms with E-state index in [1.807, 2.05) is 25.1 Å². The van der Waals surface area contributed by atoms with Crippen LogP contribution in [0.25, 0.3) is 10.9 Å². The van der Waals surface area contributed by atoms with E-state index in [1.165, 1.54) is 0 Å². The van der Waals surface area contributed by atoms with Gasteiger partial charge in [-0.05, 0) is 38.0 Å². The van der Waals surface area contributed by atoms with Crippen molar-refractivity contribution in [1.82, 2.24) is 10.3 Å². The molecule has 1 aromatic carbocycles. The molecule has 3 N–H and O–H groups in total. The average Bonchev–Trinajstić information content (AvgIpc) is 3.36. The molecule has 0 bridgehead atoms. The van der Waals surface area contributed by atoms with Crippen molar-refractivity contribution in [3.05, 3.63) is 41.1 Å². The van der Waals surface area contributed by atoms with Crippen LogP contribution in [0.3, 0.4) is 0 Å². The number of carbonyl (C=O) groups excluding carboxylic acids is 1. The van der Waals surface area contributed by atoms with Gasteiger partial charge in [0.05, 0.1) is 24.2 Å². The fourth-order valence-corrected chi connectivity index (χ4v) is 2.51. The van der Waals surface area contributed by atoms with E-state index in [0.29, 0.717) is 16.9 Å². The van der Waals surface area contributed by atoms with E-state index >= 15 is 0 Å². The molecular weight excluding hydrogens is 371 g/mol. The highest BCUT2D eigenvalue weighted by molar-refractivity contribution is 6.06. The summed E-state index contributed by atoms with van der Waals surface area (Å²) in [5.74, 6) is -3.25. The lowest BCUT2D eigenvalue weighted by atomic mass is 10.0. The zero-order valence-corrected chi connectivity index (χ0v) is 15.4. The third kappa shape index (κ3) is 5.00. The van der Waals surface area contributed by atoms with E-state index in [-0.39, 0.29) is 24.8 Å². The van der Waals surface area contributed by atoms with Crippen LogP contribution in [0.15, 0.2) is 24.3 Å². The van der Waals surface area contributed by atoms with E-state index in [2.05, 4.69) is 10.3 Å². The molecule has 0 unspecified atom stereocenters. The number of carbonyl (C=O) groups is 1. The van der Waals surface area contributed by atoms with Gasteiger partial charge in [0.25, 0.3) is 11.8 Å². The lowest BCUT2D eigenvalue weighted by molar-refractivity contribution is 0.0119. The molecule has 1 aromatic heterocycles. The molecule has 1 aliphatic rings. The van der Waals surface area contributed by atoms with E-state index in [4.69, 9.17) is 5.73 Å². The summed E-state index contributed by atoms with van der Waals surface area (Å²) in [5, 5.41) is 2.97. The number of nitrogens with zero attached hydrogens (tertiary/aromatic N) is 1. The summed E-state index contributed by atoms with van der Waals surface area (Å²) in [6.07, 6.45) is 2.10. The van der Waals surface area contributed by atoms with Crippen LogP contribution in [-0.4, -0.2) is 29.9 Å². The molecule has 0 aliphatic heterocycles. The van der Waals surface area contributed by atoms with Gasteiger partial charge in [-0.15, -0.1) is 24.8 Å². The molecule has 0 atom stereocenters. The molecule has 3 rings (SSSR count). The predicted molar refractivity (Wildman–Crippen MR) is 99.3 cm³/mol. The third-order valence-electron chi connectivity index (χ3n) is 4.03. The molecule has 2 aromatic rings. The first-order chi connectivity index (χ1) is 10.9. The maximum absolute atomic E-state index is 13.3. The molecule has 25 heavy (non-hydrogen) atoms. The van der Waals surface area contributed by atoms with Crippen LogP contribution in [0.2, 0.25) is 0 Å². The quantitative estimate of drug-likeness (QED) is 0.817. The standard InChI is InChI=1S/C17H19F2N3O.2ClH/c1-10-2-5-14-12(6-10)13(7-15(22-14)11-3-4-11)16(23)21-9-17(18,19)8-20;;/h2,5-7,11H,3-4,8-9,20H2,1H3,(H,21,23);2*1H. The number of pyridine rings is 1. The first kappa shape index (κ1) is 21.5. The van der Waals surface area contributed by atoms with Crippen LogP contribution in [0.5, 0.6) is 0 Å². The third-order valence-corrected chi connectivity index (χ3v) is 4.03.